The highest BCUT2D eigenvalue weighted by Gasteiger charge is 2.34. The van der Waals surface area contributed by atoms with Gasteiger partial charge in [0.25, 0.3) is 0 Å². The molecule has 0 bridgehead atoms. The van der Waals surface area contributed by atoms with Crippen LogP contribution in [0.1, 0.15) is 36.9 Å². The highest BCUT2D eigenvalue weighted by molar-refractivity contribution is 5.97. The number of fused-ring (bicyclic) bond motifs is 1. The summed E-state index contributed by atoms with van der Waals surface area (Å²) in [4.78, 5) is 31.6. The minimum absolute atomic E-state index is 0.00336. The molecule has 0 spiro atoms. The van der Waals surface area contributed by atoms with Crippen LogP contribution in [0.2, 0.25) is 0 Å². The Bertz CT molecular complexity index is 813. The van der Waals surface area contributed by atoms with Gasteiger partial charge < -0.3 is 10.2 Å². The molecule has 2 aromatic rings. The van der Waals surface area contributed by atoms with Crippen LogP contribution in [-0.2, 0) is 22.6 Å². The van der Waals surface area contributed by atoms with Gasteiger partial charge in [-0.15, -0.1) is 0 Å². The number of anilines is 1. The number of nitrogens with zero attached hydrogens (tertiary/aromatic N) is 2. The standard InChI is InChI=1S/C22H25N3O2/c26-21(24-15-19-6-3-4-13-23-19)17-8-10-18(11-9-17)22(27)25-14-12-16-5-1-2-7-20(16)25/h1-7,13,17-18H,8-12,14-15H2,(H,24,26). The van der Waals surface area contributed by atoms with Gasteiger partial charge in [-0.25, -0.2) is 0 Å². The summed E-state index contributed by atoms with van der Waals surface area (Å²) in [5.41, 5.74) is 3.19. The summed E-state index contributed by atoms with van der Waals surface area (Å²) in [6.45, 7) is 1.24. The first-order valence-electron chi connectivity index (χ1n) is 9.79. The fourth-order valence-electron chi connectivity index (χ4n) is 4.21. The zero-order valence-electron chi connectivity index (χ0n) is 15.4. The molecule has 1 aromatic heterocycles. The fraction of sp³-hybridized carbons (Fsp3) is 0.409. The van der Waals surface area contributed by atoms with Crippen LogP contribution in [0.4, 0.5) is 5.69 Å². The molecule has 2 amide bonds. The van der Waals surface area contributed by atoms with E-state index in [0.717, 1.165) is 50.0 Å². The number of carbonyl (C=O) groups is 2. The number of benzene rings is 1. The highest BCUT2D eigenvalue weighted by Crippen LogP contribution is 2.34. The molecule has 1 N–H and O–H groups in total. The molecular weight excluding hydrogens is 338 g/mol. The predicted octanol–water partition coefficient (Wildman–Crippen LogP) is 3.09. The molecule has 1 aliphatic carbocycles. The molecule has 0 radical (unpaired) electrons. The number of para-hydroxylation sites is 1. The van der Waals surface area contributed by atoms with Gasteiger partial charge in [0.2, 0.25) is 11.8 Å². The maximum absolute atomic E-state index is 13.0. The smallest absolute Gasteiger partial charge is 0.230 e. The van der Waals surface area contributed by atoms with Gasteiger partial charge >= 0.3 is 0 Å². The van der Waals surface area contributed by atoms with Crippen molar-refractivity contribution in [2.45, 2.75) is 38.6 Å². The zero-order valence-corrected chi connectivity index (χ0v) is 15.4. The lowest BCUT2D eigenvalue weighted by Crippen LogP contribution is -2.39. The fourth-order valence-corrected chi connectivity index (χ4v) is 4.21. The summed E-state index contributed by atoms with van der Waals surface area (Å²) in [6, 6.07) is 13.9. The number of rotatable bonds is 4. The number of carbonyl (C=O) groups excluding carboxylic acids is 2. The van der Waals surface area contributed by atoms with Gasteiger partial charge in [0, 0.05) is 30.3 Å². The first kappa shape index (κ1) is 17.7. The van der Waals surface area contributed by atoms with Crippen LogP contribution in [0.3, 0.4) is 0 Å². The Kier molecular flexibility index (Phi) is 5.19. The van der Waals surface area contributed by atoms with Crippen molar-refractivity contribution in [3.05, 3.63) is 59.9 Å². The molecule has 27 heavy (non-hydrogen) atoms. The topological polar surface area (TPSA) is 62.3 Å². The number of amides is 2. The second-order valence-electron chi connectivity index (χ2n) is 7.46. The molecule has 4 rings (SSSR count). The normalized spacial score (nSPS) is 21.6. The quantitative estimate of drug-likeness (QED) is 0.908. The first-order valence-corrected chi connectivity index (χ1v) is 9.79. The Morgan fingerprint density at radius 1 is 1.00 bits per heavy atom. The molecule has 5 nitrogen and oxygen atoms in total. The van der Waals surface area contributed by atoms with Gasteiger partial charge in [-0.05, 0) is 55.9 Å². The van der Waals surface area contributed by atoms with Crippen LogP contribution >= 0.6 is 0 Å². The predicted molar refractivity (Wildman–Crippen MR) is 104 cm³/mol. The Morgan fingerprint density at radius 3 is 2.52 bits per heavy atom. The van der Waals surface area contributed by atoms with E-state index in [1.54, 1.807) is 6.20 Å². The van der Waals surface area contributed by atoms with Crippen molar-refractivity contribution in [1.29, 1.82) is 0 Å². The minimum Gasteiger partial charge on any atom is -0.350 e. The SMILES string of the molecule is O=C(NCc1ccccn1)C1CCC(C(=O)N2CCc3ccccc32)CC1. The molecule has 2 heterocycles. The van der Waals surface area contributed by atoms with Crippen molar-refractivity contribution >= 4 is 17.5 Å². The van der Waals surface area contributed by atoms with Crippen LogP contribution in [0, 0.1) is 11.8 Å². The third kappa shape index (κ3) is 3.87. The van der Waals surface area contributed by atoms with Gasteiger partial charge in [0.05, 0.1) is 12.2 Å². The van der Waals surface area contributed by atoms with E-state index in [9.17, 15) is 9.59 Å². The van der Waals surface area contributed by atoms with Crippen LogP contribution < -0.4 is 10.2 Å². The van der Waals surface area contributed by atoms with Crippen molar-refractivity contribution in [1.82, 2.24) is 10.3 Å². The first-order chi connectivity index (χ1) is 13.2. The zero-order chi connectivity index (χ0) is 18.6. The molecule has 1 saturated carbocycles. The molecule has 2 aliphatic rings. The van der Waals surface area contributed by atoms with Crippen LogP contribution in [0.25, 0.3) is 0 Å². The maximum atomic E-state index is 13.0. The molecule has 140 valence electrons. The van der Waals surface area contributed by atoms with Crippen molar-refractivity contribution in [2.75, 3.05) is 11.4 Å². The lowest BCUT2D eigenvalue weighted by Gasteiger charge is -2.30. The van der Waals surface area contributed by atoms with E-state index in [0.29, 0.717) is 6.54 Å². The van der Waals surface area contributed by atoms with Gasteiger partial charge in [-0.3, -0.25) is 14.6 Å². The summed E-state index contributed by atoms with van der Waals surface area (Å²) in [6.07, 6.45) is 5.81. The third-order valence-electron chi connectivity index (χ3n) is 5.77. The van der Waals surface area contributed by atoms with Crippen LogP contribution in [-0.4, -0.2) is 23.3 Å². The number of hydrogen-bond acceptors (Lipinski definition) is 3. The molecule has 1 aromatic carbocycles. The molecule has 5 heteroatoms. The molecule has 1 fully saturated rings. The van der Waals surface area contributed by atoms with Crippen molar-refractivity contribution in [2.24, 2.45) is 11.8 Å². The maximum Gasteiger partial charge on any atom is 0.230 e. The monoisotopic (exact) mass is 363 g/mol. The second-order valence-corrected chi connectivity index (χ2v) is 7.46. The number of hydrogen-bond donors (Lipinski definition) is 1. The second kappa shape index (κ2) is 7.91. The van der Waals surface area contributed by atoms with Crippen LogP contribution in [0.15, 0.2) is 48.7 Å². The van der Waals surface area contributed by atoms with Gasteiger partial charge in [-0.2, -0.15) is 0 Å². The summed E-state index contributed by atoms with van der Waals surface area (Å²) in [7, 11) is 0. The number of aromatic nitrogens is 1. The number of pyridine rings is 1. The van der Waals surface area contributed by atoms with E-state index in [4.69, 9.17) is 0 Å². The van der Waals surface area contributed by atoms with Gasteiger partial charge in [0.1, 0.15) is 0 Å². The molecule has 0 saturated heterocycles. The van der Waals surface area contributed by atoms with E-state index >= 15 is 0 Å². The van der Waals surface area contributed by atoms with E-state index in [1.807, 2.05) is 41.3 Å². The van der Waals surface area contributed by atoms with E-state index in [-0.39, 0.29) is 23.7 Å². The Balaban J connectivity index is 1.29. The molecule has 0 atom stereocenters. The molecular formula is C22H25N3O2. The third-order valence-corrected chi connectivity index (χ3v) is 5.77. The summed E-state index contributed by atoms with van der Waals surface area (Å²) < 4.78 is 0. The van der Waals surface area contributed by atoms with E-state index < -0.39 is 0 Å². The lowest BCUT2D eigenvalue weighted by molar-refractivity contribution is -0.129. The van der Waals surface area contributed by atoms with Gasteiger partial charge in [0.15, 0.2) is 0 Å². The summed E-state index contributed by atoms with van der Waals surface area (Å²) in [5.74, 6) is 0.352. The Hall–Kier alpha value is -2.69. The molecule has 0 unspecified atom stereocenters. The average Bonchev–Trinajstić information content (AvgIpc) is 3.16. The summed E-state index contributed by atoms with van der Waals surface area (Å²) >= 11 is 0. The summed E-state index contributed by atoms with van der Waals surface area (Å²) in [5, 5.41) is 2.98. The average molecular weight is 363 g/mol. The Labute approximate surface area is 159 Å². The largest absolute Gasteiger partial charge is 0.350 e. The van der Waals surface area contributed by atoms with Crippen molar-refractivity contribution in [3.8, 4) is 0 Å². The van der Waals surface area contributed by atoms with E-state index in [2.05, 4.69) is 16.4 Å². The number of nitrogens with one attached hydrogen (secondary N) is 1. The van der Waals surface area contributed by atoms with Crippen molar-refractivity contribution in [3.63, 3.8) is 0 Å². The highest BCUT2D eigenvalue weighted by atomic mass is 16.2. The van der Waals surface area contributed by atoms with E-state index in [1.165, 1.54) is 5.56 Å². The van der Waals surface area contributed by atoms with Crippen LogP contribution in [0.5, 0.6) is 0 Å². The van der Waals surface area contributed by atoms with Crippen molar-refractivity contribution < 1.29 is 9.59 Å². The molecule has 1 aliphatic heterocycles. The Morgan fingerprint density at radius 2 is 1.74 bits per heavy atom. The minimum atomic E-state index is 0.00336. The lowest BCUT2D eigenvalue weighted by atomic mass is 9.81. The van der Waals surface area contributed by atoms with Gasteiger partial charge in [-0.1, -0.05) is 24.3 Å².